The summed E-state index contributed by atoms with van der Waals surface area (Å²) in [6.45, 7) is 3.57. The minimum absolute atomic E-state index is 0. The molecule has 2 aromatic rings. The molecular weight excluding hydrogens is 411 g/mol. The van der Waals surface area contributed by atoms with Crippen LogP contribution in [0.15, 0.2) is 34.8 Å². The molecule has 5 nitrogen and oxygen atoms in total. The van der Waals surface area contributed by atoms with Crippen LogP contribution in [0.1, 0.15) is 16.0 Å². The van der Waals surface area contributed by atoms with Gasteiger partial charge in [-0.3, -0.25) is 4.99 Å². The van der Waals surface area contributed by atoms with Crippen molar-refractivity contribution in [3.05, 3.63) is 45.8 Å². The van der Waals surface area contributed by atoms with Crippen LogP contribution in [-0.4, -0.2) is 25.1 Å². The number of thiophene rings is 1. The molecule has 2 rings (SSSR count). The third-order valence-corrected chi connectivity index (χ3v) is 4.10. The van der Waals surface area contributed by atoms with Gasteiger partial charge in [-0.25, -0.2) is 4.98 Å². The van der Waals surface area contributed by atoms with Crippen molar-refractivity contribution in [3.63, 3.8) is 0 Å². The van der Waals surface area contributed by atoms with Crippen molar-refractivity contribution >= 4 is 41.3 Å². The lowest BCUT2D eigenvalue weighted by Crippen LogP contribution is -2.36. The molecule has 0 aromatic carbocycles. The summed E-state index contributed by atoms with van der Waals surface area (Å²) in [6, 6.07) is 5.96. The molecule has 0 spiro atoms. The van der Waals surface area contributed by atoms with Crippen molar-refractivity contribution in [2.24, 2.45) is 4.99 Å². The second-order valence-corrected chi connectivity index (χ2v) is 5.52. The molecule has 7 heteroatoms. The van der Waals surface area contributed by atoms with Crippen LogP contribution < -0.4 is 15.4 Å². The van der Waals surface area contributed by atoms with E-state index in [4.69, 9.17) is 4.74 Å². The van der Waals surface area contributed by atoms with E-state index in [1.54, 1.807) is 31.7 Å². The van der Waals surface area contributed by atoms with Gasteiger partial charge in [-0.2, -0.15) is 0 Å². The van der Waals surface area contributed by atoms with Crippen molar-refractivity contribution in [1.29, 1.82) is 0 Å². The molecule has 120 valence electrons. The minimum Gasteiger partial charge on any atom is -0.481 e. The van der Waals surface area contributed by atoms with Crippen LogP contribution in [0.25, 0.3) is 0 Å². The molecule has 0 saturated heterocycles. The zero-order valence-corrected chi connectivity index (χ0v) is 16.1. The SMILES string of the molecule is CN=C(NCc1ccc(OC)nc1)NCc1sccc1C.I. The molecule has 0 aliphatic heterocycles. The van der Waals surface area contributed by atoms with E-state index in [1.807, 2.05) is 12.1 Å². The second kappa shape index (κ2) is 9.62. The van der Waals surface area contributed by atoms with Gasteiger partial charge in [0, 0.05) is 30.7 Å². The summed E-state index contributed by atoms with van der Waals surface area (Å²) >= 11 is 1.75. The number of pyridine rings is 1. The number of halogens is 1. The second-order valence-electron chi connectivity index (χ2n) is 4.51. The highest BCUT2D eigenvalue weighted by Gasteiger charge is 2.02. The molecule has 2 N–H and O–H groups in total. The number of aliphatic imine (C=N–C) groups is 1. The van der Waals surface area contributed by atoms with Gasteiger partial charge in [0.2, 0.25) is 5.88 Å². The van der Waals surface area contributed by atoms with Gasteiger partial charge in [0.05, 0.1) is 13.7 Å². The summed E-state index contributed by atoms with van der Waals surface area (Å²) in [6.07, 6.45) is 1.79. The number of nitrogens with one attached hydrogen (secondary N) is 2. The van der Waals surface area contributed by atoms with Crippen LogP contribution in [0.3, 0.4) is 0 Å². The van der Waals surface area contributed by atoms with Crippen molar-refractivity contribution in [2.45, 2.75) is 20.0 Å². The monoisotopic (exact) mass is 432 g/mol. The number of hydrogen-bond donors (Lipinski definition) is 2. The topological polar surface area (TPSA) is 58.5 Å². The molecule has 2 aromatic heterocycles. The average Bonchev–Trinajstić information content (AvgIpc) is 2.93. The standard InChI is InChI=1S/C15H20N4OS.HI/c1-11-6-7-21-13(11)10-19-15(16-2)18-9-12-4-5-14(20-3)17-8-12;/h4-8H,9-10H2,1-3H3,(H2,16,18,19);1H. The first-order valence-electron chi connectivity index (χ1n) is 6.69. The summed E-state index contributed by atoms with van der Waals surface area (Å²) in [5.74, 6) is 1.40. The Labute approximate surface area is 152 Å². The lowest BCUT2D eigenvalue weighted by Gasteiger charge is -2.11. The zero-order valence-electron chi connectivity index (χ0n) is 12.9. The molecule has 22 heavy (non-hydrogen) atoms. The predicted molar refractivity (Wildman–Crippen MR) is 102 cm³/mol. The van der Waals surface area contributed by atoms with E-state index in [9.17, 15) is 0 Å². The maximum atomic E-state index is 5.04. The maximum Gasteiger partial charge on any atom is 0.212 e. The number of aryl methyl sites for hydroxylation is 1. The van der Waals surface area contributed by atoms with Gasteiger partial charge in [0.25, 0.3) is 0 Å². The van der Waals surface area contributed by atoms with Crippen molar-refractivity contribution in [3.8, 4) is 5.88 Å². The number of ether oxygens (including phenoxy) is 1. The van der Waals surface area contributed by atoms with Crippen LogP contribution in [0, 0.1) is 6.92 Å². The summed E-state index contributed by atoms with van der Waals surface area (Å²) in [5, 5.41) is 8.68. The first-order valence-corrected chi connectivity index (χ1v) is 7.57. The third-order valence-electron chi connectivity index (χ3n) is 3.07. The number of nitrogens with zero attached hydrogens (tertiary/aromatic N) is 2. The summed E-state index contributed by atoms with van der Waals surface area (Å²) in [7, 11) is 3.38. The van der Waals surface area contributed by atoms with Crippen LogP contribution in [0.5, 0.6) is 5.88 Å². The lowest BCUT2D eigenvalue weighted by molar-refractivity contribution is 0.397. The van der Waals surface area contributed by atoms with Gasteiger partial charge in [-0.1, -0.05) is 6.07 Å². The lowest BCUT2D eigenvalue weighted by atomic mass is 10.3. The fraction of sp³-hybridized carbons (Fsp3) is 0.333. The number of methoxy groups -OCH3 is 1. The Morgan fingerprint density at radius 3 is 2.59 bits per heavy atom. The fourth-order valence-electron chi connectivity index (χ4n) is 1.79. The van der Waals surface area contributed by atoms with E-state index in [1.165, 1.54) is 10.4 Å². The highest BCUT2D eigenvalue weighted by atomic mass is 127. The van der Waals surface area contributed by atoms with Crippen molar-refractivity contribution < 1.29 is 4.74 Å². The van der Waals surface area contributed by atoms with Crippen LogP contribution in [-0.2, 0) is 13.1 Å². The van der Waals surface area contributed by atoms with Gasteiger partial charge in [-0.05, 0) is 29.5 Å². The van der Waals surface area contributed by atoms with Gasteiger partial charge >= 0.3 is 0 Å². The molecular formula is C15H21IN4OS. The fourth-order valence-corrected chi connectivity index (χ4v) is 2.64. The Balaban J connectivity index is 0.00000242. The molecule has 0 radical (unpaired) electrons. The first kappa shape index (κ1) is 18.7. The van der Waals surface area contributed by atoms with Crippen LogP contribution in [0.2, 0.25) is 0 Å². The van der Waals surface area contributed by atoms with E-state index in [-0.39, 0.29) is 24.0 Å². The van der Waals surface area contributed by atoms with E-state index in [0.29, 0.717) is 12.4 Å². The normalized spacial score (nSPS) is 10.8. The Hall–Kier alpha value is -1.35. The predicted octanol–water partition coefficient (Wildman–Crippen LogP) is 2.94. The largest absolute Gasteiger partial charge is 0.481 e. The maximum absolute atomic E-state index is 5.04. The van der Waals surface area contributed by atoms with Crippen LogP contribution >= 0.6 is 35.3 Å². The molecule has 0 amide bonds. The minimum atomic E-state index is 0. The first-order chi connectivity index (χ1) is 10.2. The molecule has 0 aliphatic carbocycles. The van der Waals surface area contributed by atoms with Gasteiger partial charge in [-0.15, -0.1) is 35.3 Å². The molecule has 0 unspecified atom stereocenters. The van der Waals surface area contributed by atoms with E-state index >= 15 is 0 Å². The number of rotatable bonds is 5. The van der Waals surface area contributed by atoms with E-state index in [2.05, 4.69) is 39.0 Å². The molecule has 0 atom stereocenters. The van der Waals surface area contributed by atoms with Gasteiger partial charge in [0.15, 0.2) is 5.96 Å². The summed E-state index contributed by atoms with van der Waals surface area (Å²) < 4.78 is 5.04. The zero-order chi connectivity index (χ0) is 15.1. The highest BCUT2D eigenvalue weighted by molar-refractivity contribution is 14.0. The van der Waals surface area contributed by atoms with Gasteiger partial charge in [0.1, 0.15) is 0 Å². The van der Waals surface area contributed by atoms with E-state index in [0.717, 1.165) is 18.1 Å². The number of guanidine groups is 1. The molecule has 0 aliphatic rings. The molecule has 0 bridgehead atoms. The highest BCUT2D eigenvalue weighted by Crippen LogP contribution is 2.14. The number of aromatic nitrogens is 1. The van der Waals surface area contributed by atoms with Crippen molar-refractivity contribution in [2.75, 3.05) is 14.2 Å². The smallest absolute Gasteiger partial charge is 0.212 e. The summed E-state index contributed by atoms with van der Waals surface area (Å²) in [4.78, 5) is 9.72. The van der Waals surface area contributed by atoms with E-state index < -0.39 is 0 Å². The summed E-state index contributed by atoms with van der Waals surface area (Å²) in [5.41, 5.74) is 2.38. The Morgan fingerprint density at radius 1 is 1.27 bits per heavy atom. The molecule has 0 fully saturated rings. The third kappa shape index (κ3) is 5.45. The van der Waals surface area contributed by atoms with Crippen molar-refractivity contribution in [1.82, 2.24) is 15.6 Å². The Morgan fingerprint density at radius 2 is 2.05 bits per heavy atom. The Bertz CT molecular complexity index is 598. The number of hydrogen-bond acceptors (Lipinski definition) is 4. The Kier molecular flexibility index (Phi) is 8.18. The molecule has 2 heterocycles. The van der Waals surface area contributed by atoms with Crippen LogP contribution in [0.4, 0.5) is 0 Å². The average molecular weight is 432 g/mol. The quantitative estimate of drug-likeness (QED) is 0.434. The van der Waals surface area contributed by atoms with Gasteiger partial charge < -0.3 is 15.4 Å². The molecule has 0 saturated carbocycles.